The molecule has 3 heterocycles. The first kappa shape index (κ1) is 16.5. The predicted molar refractivity (Wildman–Crippen MR) is 97.4 cm³/mol. The van der Waals surface area contributed by atoms with Gasteiger partial charge in [-0.3, -0.25) is 9.20 Å². The predicted octanol–water partition coefficient (Wildman–Crippen LogP) is 1.49. The highest BCUT2D eigenvalue weighted by Crippen LogP contribution is 2.28. The minimum Gasteiger partial charge on any atom is -0.379 e. The van der Waals surface area contributed by atoms with Gasteiger partial charge in [0.2, 0.25) is 5.91 Å². The number of benzene rings is 1. The van der Waals surface area contributed by atoms with Gasteiger partial charge in [-0.25, -0.2) is 9.48 Å². The minimum absolute atomic E-state index is 0.0215. The van der Waals surface area contributed by atoms with Crippen molar-refractivity contribution in [2.75, 3.05) is 18.6 Å². The largest absolute Gasteiger partial charge is 0.379 e. The van der Waals surface area contributed by atoms with Crippen molar-refractivity contribution < 1.29 is 9.53 Å². The Morgan fingerprint density at radius 2 is 2.04 bits per heavy atom. The molecule has 1 aliphatic heterocycles. The lowest BCUT2D eigenvalue weighted by Crippen LogP contribution is -2.43. The van der Waals surface area contributed by atoms with E-state index < -0.39 is 0 Å². The van der Waals surface area contributed by atoms with Crippen molar-refractivity contribution in [1.82, 2.24) is 14.2 Å². The van der Waals surface area contributed by atoms with Crippen molar-refractivity contribution in [3.63, 3.8) is 0 Å². The van der Waals surface area contributed by atoms with Crippen LogP contribution in [0, 0.1) is 0 Å². The van der Waals surface area contributed by atoms with Gasteiger partial charge in [0.25, 0.3) is 0 Å². The van der Waals surface area contributed by atoms with Crippen LogP contribution in [0.1, 0.15) is 12.0 Å². The van der Waals surface area contributed by atoms with Crippen LogP contribution in [0.2, 0.25) is 0 Å². The molecule has 7 heteroatoms. The van der Waals surface area contributed by atoms with Gasteiger partial charge in [-0.2, -0.15) is 0 Å². The number of amides is 1. The standard InChI is InChI=1S/C19H20N4O3/c1-26-15-12-14-6-2-3-7-16(14)22(13-15)18(24)9-11-23-19(25)21-10-5-4-8-17(21)20-23/h2-8,10,15H,9,11-13H2,1H3. The first-order valence-corrected chi connectivity index (χ1v) is 8.62. The van der Waals surface area contributed by atoms with Crippen LogP contribution in [0.15, 0.2) is 53.5 Å². The molecular weight excluding hydrogens is 332 g/mol. The molecule has 0 aliphatic carbocycles. The second kappa shape index (κ2) is 6.76. The molecule has 0 radical (unpaired) electrons. The molecule has 1 atom stereocenters. The molecular formula is C19H20N4O3. The second-order valence-electron chi connectivity index (χ2n) is 6.38. The van der Waals surface area contributed by atoms with Gasteiger partial charge in [-0.1, -0.05) is 24.3 Å². The third kappa shape index (κ3) is 2.90. The van der Waals surface area contributed by atoms with E-state index in [2.05, 4.69) is 5.10 Å². The first-order chi connectivity index (χ1) is 12.7. The molecule has 0 saturated heterocycles. The van der Waals surface area contributed by atoms with Crippen molar-refractivity contribution in [1.29, 1.82) is 0 Å². The number of methoxy groups -OCH3 is 1. The lowest BCUT2D eigenvalue weighted by atomic mass is 9.99. The molecule has 1 unspecified atom stereocenters. The number of pyridine rings is 1. The number of nitrogens with zero attached hydrogens (tertiary/aromatic N) is 4. The highest BCUT2D eigenvalue weighted by molar-refractivity contribution is 5.94. The summed E-state index contributed by atoms with van der Waals surface area (Å²) in [6.45, 7) is 0.766. The number of carbonyl (C=O) groups excluding carboxylic acids is 1. The Morgan fingerprint density at radius 3 is 2.85 bits per heavy atom. The summed E-state index contributed by atoms with van der Waals surface area (Å²) >= 11 is 0. The Morgan fingerprint density at radius 1 is 1.23 bits per heavy atom. The van der Waals surface area contributed by atoms with Crippen LogP contribution in [0.25, 0.3) is 5.65 Å². The zero-order valence-corrected chi connectivity index (χ0v) is 14.5. The Bertz CT molecular complexity index is 1010. The molecule has 3 aromatic rings. The van der Waals surface area contributed by atoms with Gasteiger partial charge in [0.05, 0.1) is 19.2 Å². The van der Waals surface area contributed by atoms with Crippen LogP contribution >= 0.6 is 0 Å². The molecule has 134 valence electrons. The van der Waals surface area contributed by atoms with Crippen LogP contribution < -0.4 is 10.6 Å². The van der Waals surface area contributed by atoms with Gasteiger partial charge in [0.1, 0.15) is 0 Å². The molecule has 26 heavy (non-hydrogen) atoms. The van der Waals surface area contributed by atoms with E-state index in [4.69, 9.17) is 4.74 Å². The summed E-state index contributed by atoms with van der Waals surface area (Å²) < 4.78 is 8.30. The van der Waals surface area contributed by atoms with E-state index in [9.17, 15) is 9.59 Å². The molecule has 0 bridgehead atoms. The molecule has 7 nitrogen and oxygen atoms in total. The fourth-order valence-electron chi connectivity index (χ4n) is 3.40. The molecule has 1 aliphatic rings. The smallest absolute Gasteiger partial charge is 0.350 e. The van der Waals surface area contributed by atoms with E-state index in [1.165, 1.54) is 9.08 Å². The fraction of sp³-hybridized carbons (Fsp3) is 0.316. The van der Waals surface area contributed by atoms with Crippen LogP contribution in [0.5, 0.6) is 0 Å². The molecule has 0 fully saturated rings. The number of aryl methyl sites for hydroxylation is 1. The second-order valence-corrected chi connectivity index (χ2v) is 6.38. The summed E-state index contributed by atoms with van der Waals surface area (Å²) in [6.07, 6.45) is 2.65. The maximum absolute atomic E-state index is 12.8. The number of fused-ring (bicyclic) bond motifs is 2. The van der Waals surface area contributed by atoms with E-state index in [1.54, 1.807) is 30.3 Å². The van der Waals surface area contributed by atoms with Crippen LogP contribution in [-0.2, 0) is 22.5 Å². The molecule has 1 amide bonds. The Labute approximate surface area is 150 Å². The zero-order chi connectivity index (χ0) is 18.1. The van der Waals surface area contributed by atoms with Crippen LogP contribution in [-0.4, -0.2) is 39.8 Å². The Hall–Kier alpha value is -2.93. The number of rotatable bonds is 4. The third-order valence-electron chi connectivity index (χ3n) is 4.78. The van der Waals surface area contributed by atoms with Crippen molar-refractivity contribution in [2.24, 2.45) is 0 Å². The number of carbonyl (C=O) groups is 1. The van der Waals surface area contributed by atoms with Crippen LogP contribution in [0.3, 0.4) is 0 Å². The van der Waals surface area contributed by atoms with Crippen LogP contribution in [0.4, 0.5) is 5.69 Å². The molecule has 0 N–H and O–H groups in total. The fourth-order valence-corrected chi connectivity index (χ4v) is 3.40. The summed E-state index contributed by atoms with van der Waals surface area (Å²) in [7, 11) is 1.66. The number of para-hydroxylation sites is 1. The van der Waals surface area contributed by atoms with E-state index in [0.717, 1.165) is 17.7 Å². The summed E-state index contributed by atoms with van der Waals surface area (Å²) in [5.74, 6) is -0.0387. The Balaban J connectivity index is 1.54. The molecule has 2 aromatic heterocycles. The number of hydrogen-bond acceptors (Lipinski definition) is 4. The third-order valence-corrected chi connectivity index (χ3v) is 4.78. The number of anilines is 1. The molecule has 0 saturated carbocycles. The van der Waals surface area contributed by atoms with Crippen molar-refractivity contribution in [2.45, 2.75) is 25.5 Å². The van der Waals surface area contributed by atoms with Gasteiger partial charge in [0.15, 0.2) is 5.65 Å². The molecule has 0 spiro atoms. The quantitative estimate of drug-likeness (QED) is 0.713. The maximum Gasteiger partial charge on any atom is 0.350 e. The number of hydrogen-bond donors (Lipinski definition) is 0. The molecule has 1 aromatic carbocycles. The van der Waals surface area contributed by atoms with E-state index in [0.29, 0.717) is 12.2 Å². The van der Waals surface area contributed by atoms with Gasteiger partial charge >= 0.3 is 5.69 Å². The maximum atomic E-state index is 12.8. The normalized spacial score (nSPS) is 16.7. The van der Waals surface area contributed by atoms with Gasteiger partial charge in [-0.05, 0) is 23.8 Å². The van der Waals surface area contributed by atoms with Crippen molar-refractivity contribution in [3.8, 4) is 0 Å². The average Bonchev–Trinajstić information content (AvgIpc) is 3.01. The molecule has 4 rings (SSSR count). The summed E-state index contributed by atoms with van der Waals surface area (Å²) in [4.78, 5) is 26.9. The summed E-state index contributed by atoms with van der Waals surface area (Å²) in [6, 6.07) is 13.2. The van der Waals surface area contributed by atoms with E-state index >= 15 is 0 Å². The summed E-state index contributed by atoms with van der Waals surface area (Å²) in [5.41, 5.74) is 2.37. The van der Waals surface area contributed by atoms with Crippen molar-refractivity contribution >= 4 is 17.2 Å². The highest BCUT2D eigenvalue weighted by atomic mass is 16.5. The lowest BCUT2D eigenvalue weighted by Gasteiger charge is -2.34. The first-order valence-electron chi connectivity index (χ1n) is 8.62. The minimum atomic E-state index is -0.234. The van der Waals surface area contributed by atoms with Gasteiger partial charge in [0, 0.05) is 31.8 Å². The Kier molecular flexibility index (Phi) is 4.30. The monoisotopic (exact) mass is 352 g/mol. The van der Waals surface area contributed by atoms with E-state index in [1.807, 2.05) is 30.3 Å². The van der Waals surface area contributed by atoms with E-state index in [-0.39, 0.29) is 30.7 Å². The SMILES string of the molecule is COC1Cc2ccccc2N(C(=O)CCn2nc3ccccn3c2=O)C1. The van der Waals surface area contributed by atoms with Gasteiger partial charge < -0.3 is 9.64 Å². The lowest BCUT2D eigenvalue weighted by molar-refractivity contribution is -0.119. The zero-order valence-electron chi connectivity index (χ0n) is 14.5. The topological polar surface area (TPSA) is 68.8 Å². The summed E-state index contributed by atoms with van der Waals surface area (Å²) in [5, 5.41) is 4.28. The average molecular weight is 352 g/mol. The van der Waals surface area contributed by atoms with Gasteiger partial charge in [-0.15, -0.1) is 5.10 Å². The highest BCUT2D eigenvalue weighted by Gasteiger charge is 2.28. The number of ether oxygens (including phenoxy) is 1. The number of aromatic nitrogens is 3. The van der Waals surface area contributed by atoms with Crippen molar-refractivity contribution in [3.05, 3.63) is 64.7 Å².